The zero-order chi connectivity index (χ0) is 23.0. The summed E-state index contributed by atoms with van der Waals surface area (Å²) in [5.41, 5.74) is 1.17. The predicted octanol–water partition coefficient (Wildman–Crippen LogP) is 2.10. The molecule has 8 nitrogen and oxygen atoms in total. The fraction of sp³-hybridized carbons (Fsp3) is 0.348. The van der Waals surface area contributed by atoms with E-state index in [1.807, 2.05) is 36.4 Å². The number of nitrogens with one attached hydrogen (secondary N) is 2. The van der Waals surface area contributed by atoms with E-state index in [2.05, 4.69) is 10.0 Å². The van der Waals surface area contributed by atoms with Crippen molar-refractivity contribution in [2.75, 3.05) is 19.6 Å². The van der Waals surface area contributed by atoms with Gasteiger partial charge in [0.15, 0.2) is 0 Å². The number of carbonyl (C=O) groups is 2. The van der Waals surface area contributed by atoms with Crippen molar-refractivity contribution in [3.63, 3.8) is 0 Å². The summed E-state index contributed by atoms with van der Waals surface area (Å²) in [6, 6.07) is 16.2. The van der Waals surface area contributed by atoms with Gasteiger partial charge in [0.2, 0.25) is 21.8 Å². The Morgan fingerprint density at radius 3 is 2.50 bits per heavy atom. The first-order valence-electron chi connectivity index (χ1n) is 10.5. The van der Waals surface area contributed by atoms with E-state index in [1.165, 1.54) is 24.3 Å². The van der Waals surface area contributed by atoms with E-state index >= 15 is 0 Å². The number of rotatable bonds is 5. The molecule has 1 atom stereocenters. The highest BCUT2D eigenvalue weighted by molar-refractivity contribution is 7.89. The molecule has 1 unspecified atom stereocenters. The van der Waals surface area contributed by atoms with Gasteiger partial charge in [-0.15, -0.1) is 0 Å². The second kappa shape index (κ2) is 10.9. The molecule has 2 N–H and O–H groups in total. The van der Waals surface area contributed by atoms with Gasteiger partial charge in [-0.3, -0.25) is 9.59 Å². The average Bonchev–Trinajstić information content (AvgIpc) is 2.82. The van der Waals surface area contributed by atoms with E-state index in [1.54, 1.807) is 4.90 Å². The van der Waals surface area contributed by atoms with Gasteiger partial charge >= 0.3 is 0 Å². The maximum absolute atomic E-state index is 13.2. The van der Waals surface area contributed by atoms with Crippen LogP contribution in [-0.4, -0.2) is 44.8 Å². The van der Waals surface area contributed by atoms with Gasteiger partial charge in [0, 0.05) is 13.1 Å². The van der Waals surface area contributed by atoms with Gasteiger partial charge in [-0.25, -0.2) is 13.1 Å². The molecule has 0 bridgehead atoms. The molecule has 3 rings (SSSR count). The number of nitrogens with zero attached hydrogens (tertiary/aromatic N) is 2. The normalized spacial score (nSPS) is 17.8. The van der Waals surface area contributed by atoms with Crippen LogP contribution in [0.2, 0.25) is 0 Å². The first-order chi connectivity index (χ1) is 15.4. The lowest BCUT2D eigenvalue weighted by atomic mass is 10.00. The Hall–Kier alpha value is -3.22. The summed E-state index contributed by atoms with van der Waals surface area (Å²) < 4.78 is 27.6. The molecule has 1 fully saturated rings. The quantitative estimate of drug-likeness (QED) is 0.717. The van der Waals surface area contributed by atoms with Crippen LogP contribution in [0.15, 0.2) is 59.5 Å². The van der Waals surface area contributed by atoms with Crippen molar-refractivity contribution in [1.29, 1.82) is 5.26 Å². The number of benzene rings is 2. The van der Waals surface area contributed by atoms with Crippen LogP contribution >= 0.6 is 0 Å². The third kappa shape index (κ3) is 6.15. The average molecular weight is 455 g/mol. The molecular formula is C23H26N4O4S. The fourth-order valence-corrected chi connectivity index (χ4v) is 4.62. The standard InChI is InChI=1S/C23H26N4O4S/c24-16-18-9-11-20(12-10-18)32(30,31)26-17-23(29)27-14-6-2-5-13-25-22(28)15-21(27)19-7-3-1-4-8-19/h1,3-4,7-12,21,26H,2,5-6,13-15,17H2,(H,25,28). The number of sulfonamides is 1. The number of hydrogen-bond acceptors (Lipinski definition) is 5. The Labute approximate surface area is 188 Å². The van der Waals surface area contributed by atoms with Gasteiger partial charge < -0.3 is 10.2 Å². The summed E-state index contributed by atoms with van der Waals surface area (Å²) in [5.74, 6) is -0.541. The van der Waals surface area contributed by atoms with Crippen LogP contribution < -0.4 is 10.0 Å². The molecule has 0 radical (unpaired) electrons. The van der Waals surface area contributed by atoms with E-state index in [9.17, 15) is 18.0 Å². The maximum Gasteiger partial charge on any atom is 0.241 e. The van der Waals surface area contributed by atoms with Gasteiger partial charge in [0.1, 0.15) is 0 Å². The fourth-order valence-electron chi connectivity index (χ4n) is 3.65. The molecule has 0 spiro atoms. The number of nitriles is 1. The Morgan fingerprint density at radius 1 is 1.09 bits per heavy atom. The Bertz CT molecular complexity index is 1080. The molecule has 9 heteroatoms. The second-order valence-corrected chi connectivity index (χ2v) is 9.36. The van der Waals surface area contributed by atoms with Crippen LogP contribution in [-0.2, 0) is 19.6 Å². The SMILES string of the molecule is N#Cc1ccc(S(=O)(=O)NCC(=O)N2CCCCCNC(=O)CC2c2ccccc2)cc1. The van der Waals surface area contributed by atoms with E-state index in [-0.39, 0.29) is 17.2 Å². The molecule has 1 aliphatic heterocycles. The third-order valence-electron chi connectivity index (χ3n) is 5.36. The highest BCUT2D eigenvalue weighted by atomic mass is 32.2. The molecule has 1 aliphatic rings. The Kier molecular flexibility index (Phi) is 7.98. The van der Waals surface area contributed by atoms with E-state index in [0.717, 1.165) is 24.8 Å². The molecule has 0 saturated carbocycles. The summed E-state index contributed by atoms with van der Waals surface area (Å²) in [6.07, 6.45) is 2.54. The van der Waals surface area contributed by atoms with Crippen molar-refractivity contribution in [3.05, 3.63) is 65.7 Å². The summed E-state index contributed by atoms with van der Waals surface area (Å²) >= 11 is 0. The lowest BCUT2D eigenvalue weighted by molar-refractivity contribution is -0.134. The van der Waals surface area contributed by atoms with Crippen LogP contribution in [0.4, 0.5) is 0 Å². The van der Waals surface area contributed by atoms with E-state index in [0.29, 0.717) is 18.7 Å². The smallest absolute Gasteiger partial charge is 0.241 e. The first-order valence-corrected chi connectivity index (χ1v) is 12.0. The molecule has 168 valence electrons. The van der Waals surface area contributed by atoms with Gasteiger partial charge in [0.25, 0.3) is 0 Å². The van der Waals surface area contributed by atoms with Gasteiger partial charge in [-0.1, -0.05) is 30.3 Å². The van der Waals surface area contributed by atoms with Crippen LogP contribution in [0, 0.1) is 11.3 Å². The minimum Gasteiger partial charge on any atom is -0.356 e. The Balaban J connectivity index is 1.79. The van der Waals surface area contributed by atoms with Crippen molar-refractivity contribution in [2.24, 2.45) is 0 Å². The zero-order valence-corrected chi connectivity index (χ0v) is 18.5. The molecule has 1 saturated heterocycles. The first kappa shape index (κ1) is 23.4. The van der Waals surface area contributed by atoms with E-state index < -0.39 is 28.5 Å². The van der Waals surface area contributed by atoms with E-state index in [4.69, 9.17) is 5.26 Å². The summed E-state index contributed by atoms with van der Waals surface area (Å²) in [6.45, 7) is 0.621. The number of amides is 2. The van der Waals surface area contributed by atoms with Crippen LogP contribution in [0.5, 0.6) is 0 Å². The predicted molar refractivity (Wildman–Crippen MR) is 119 cm³/mol. The van der Waals surface area contributed by atoms with Crippen molar-refractivity contribution < 1.29 is 18.0 Å². The van der Waals surface area contributed by atoms with Gasteiger partial charge in [-0.05, 0) is 49.1 Å². The number of hydrogen-bond donors (Lipinski definition) is 2. The molecule has 32 heavy (non-hydrogen) atoms. The topological polar surface area (TPSA) is 119 Å². The van der Waals surface area contributed by atoms with Gasteiger partial charge in [-0.2, -0.15) is 5.26 Å². The highest BCUT2D eigenvalue weighted by Gasteiger charge is 2.28. The molecule has 1 heterocycles. The second-order valence-electron chi connectivity index (χ2n) is 7.59. The summed E-state index contributed by atoms with van der Waals surface area (Å²) in [4.78, 5) is 27.2. The molecule has 2 amide bonds. The third-order valence-corrected chi connectivity index (χ3v) is 6.78. The summed E-state index contributed by atoms with van der Waals surface area (Å²) in [5, 5.41) is 11.8. The molecular weight excluding hydrogens is 428 g/mol. The largest absolute Gasteiger partial charge is 0.356 e. The van der Waals surface area contributed by atoms with Crippen molar-refractivity contribution >= 4 is 21.8 Å². The molecule has 2 aromatic rings. The molecule has 0 aromatic heterocycles. The lowest BCUT2D eigenvalue weighted by Crippen LogP contribution is -2.44. The lowest BCUT2D eigenvalue weighted by Gasteiger charge is -2.33. The van der Waals surface area contributed by atoms with Crippen LogP contribution in [0.1, 0.15) is 42.9 Å². The highest BCUT2D eigenvalue weighted by Crippen LogP contribution is 2.26. The molecule has 2 aromatic carbocycles. The number of carbonyl (C=O) groups excluding carboxylic acids is 2. The molecule has 0 aliphatic carbocycles. The van der Waals surface area contributed by atoms with Crippen LogP contribution in [0.25, 0.3) is 0 Å². The van der Waals surface area contributed by atoms with Crippen molar-refractivity contribution in [2.45, 2.75) is 36.6 Å². The zero-order valence-electron chi connectivity index (χ0n) is 17.7. The monoisotopic (exact) mass is 454 g/mol. The summed E-state index contributed by atoms with van der Waals surface area (Å²) in [7, 11) is -3.93. The van der Waals surface area contributed by atoms with Gasteiger partial charge in [0.05, 0.1) is 35.5 Å². The Morgan fingerprint density at radius 2 is 1.81 bits per heavy atom. The minimum absolute atomic E-state index is 0.0239. The minimum atomic E-state index is -3.93. The van der Waals surface area contributed by atoms with Crippen molar-refractivity contribution in [3.8, 4) is 6.07 Å². The van der Waals surface area contributed by atoms with Crippen LogP contribution in [0.3, 0.4) is 0 Å². The maximum atomic E-state index is 13.2. The van der Waals surface area contributed by atoms with Crippen molar-refractivity contribution in [1.82, 2.24) is 14.9 Å².